The molecule has 5 nitrogen and oxygen atoms in total. The van der Waals surface area contributed by atoms with Gasteiger partial charge in [-0.05, 0) is 46.7 Å². The highest BCUT2D eigenvalue weighted by Crippen LogP contribution is 2.29. The monoisotopic (exact) mass is 300 g/mol. The van der Waals surface area contributed by atoms with Gasteiger partial charge in [-0.25, -0.2) is 14.9 Å². The Hall–Kier alpha value is -1.08. The van der Waals surface area contributed by atoms with E-state index in [2.05, 4.69) is 31.1 Å². The van der Waals surface area contributed by atoms with Crippen molar-refractivity contribution >= 4 is 27.7 Å². The highest BCUT2D eigenvalue weighted by molar-refractivity contribution is 9.10. The molecule has 0 fully saturated rings. The molecular formula is C9H9BrN4OS. The van der Waals surface area contributed by atoms with Gasteiger partial charge in [-0.2, -0.15) is 0 Å². The van der Waals surface area contributed by atoms with E-state index in [0.29, 0.717) is 11.7 Å². The minimum Gasteiger partial charge on any atom is -0.270 e. The standard InChI is InChI=1S/C9H9BrN4OS/c1-2-14-8(15)12-13-9(14)16-7-6(10)4-3-5-11-7/h3-5H,2H2,1H3,(H,12,15). The molecule has 0 aliphatic carbocycles. The van der Waals surface area contributed by atoms with Gasteiger partial charge in [-0.15, -0.1) is 5.10 Å². The molecule has 2 aromatic heterocycles. The van der Waals surface area contributed by atoms with Crippen LogP contribution in [0.4, 0.5) is 0 Å². The second kappa shape index (κ2) is 4.84. The van der Waals surface area contributed by atoms with E-state index in [0.717, 1.165) is 9.50 Å². The summed E-state index contributed by atoms with van der Waals surface area (Å²) in [7, 11) is 0. The first kappa shape index (κ1) is 11.4. The smallest absolute Gasteiger partial charge is 0.270 e. The van der Waals surface area contributed by atoms with E-state index < -0.39 is 0 Å². The SMILES string of the molecule is CCn1c(Sc2ncccc2Br)n[nH]c1=O. The van der Waals surface area contributed by atoms with E-state index >= 15 is 0 Å². The van der Waals surface area contributed by atoms with Crippen molar-refractivity contribution in [1.29, 1.82) is 0 Å². The molecule has 1 N–H and O–H groups in total. The first-order chi connectivity index (χ1) is 7.72. The summed E-state index contributed by atoms with van der Waals surface area (Å²) in [6.07, 6.45) is 1.70. The molecule has 0 aliphatic heterocycles. The van der Waals surface area contributed by atoms with Crippen molar-refractivity contribution in [3.63, 3.8) is 0 Å². The number of aromatic nitrogens is 4. The molecule has 0 aliphatic rings. The minimum absolute atomic E-state index is 0.197. The molecule has 0 atom stereocenters. The molecule has 0 saturated carbocycles. The predicted octanol–water partition coefficient (Wildman–Crippen LogP) is 1.90. The fraction of sp³-hybridized carbons (Fsp3) is 0.222. The lowest BCUT2D eigenvalue weighted by Gasteiger charge is -2.02. The molecule has 0 unspecified atom stereocenters. The zero-order chi connectivity index (χ0) is 11.5. The number of nitrogens with one attached hydrogen (secondary N) is 1. The largest absolute Gasteiger partial charge is 0.343 e. The molecule has 0 bridgehead atoms. The Balaban J connectivity index is 2.34. The topological polar surface area (TPSA) is 63.6 Å². The van der Waals surface area contributed by atoms with Gasteiger partial charge >= 0.3 is 5.69 Å². The number of hydrogen-bond acceptors (Lipinski definition) is 4. The molecular weight excluding hydrogens is 292 g/mol. The van der Waals surface area contributed by atoms with E-state index in [9.17, 15) is 4.79 Å². The number of rotatable bonds is 3. The summed E-state index contributed by atoms with van der Waals surface area (Å²) < 4.78 is 2.45. The van der Waals surface area contributed by atoms with Crippen LogP contribution in [-0.2, 0) is 6.54 Å². The van der Waals surface area contributed by atoms with Crippen molar-refractivity contribution in [2.45, 2.75) is 23.7 Å². The molecule has 0 aromatic carbocycles. The summed E-state index contributed by atoms with van der Waals surface area (Å²) in [6.45, 7) is 2.48. The van der Waals surface area contributed by atoms with Crippen LogP contribution in [0.15, 0.2) is 37.8 Å². The first-order valence-corrected chi connectivity index (χ1v) is 6.27. The van der Waals surface area contributed by atoms with E-state index in [1.807, 2.05) is 19.1 Å². The summed E-state index contributed by atoms with van der Waals surface area (Å²) in [5.41, 5.74) is -0.197. The Morgan fingerprint density at radius 3 is 3.12 bits per heavy atom. The van der Waals surface area contributed by atoms with Gasteiger partial charge in [0.05, 0.1) is 4.47 Å². The Morgan fingerprint density at radius 1 is 1.62 bits per heavy atom. The number of nitrogens with zero attached hydrogens (tertiary/aromatic N) is 3. The maximum Gasteiger partial charge on any atom is 0.343 e. The molecule has 0 spiro atoms. The summed E-state index contributed by atoms with van der Waals surface area (Å²) in [5, 5.41) is 7.78. The molecule has 0 amide bonds. The molecule has 0 saturated heterocycles. The van der Waals surface area contributed by atoms with Crippen molar-refractivity contribution in [2.75, 3.05) is 0 Å². The number of H-pyrrole nitrogens is 1. The quantitative estimate of drug-likeness (QED) is 0.940. The second-order valence-corrected chi connectivity index (χ2v) is 4.76. The third kappa shape index (κ3) is 2.19. The van der Waals surface area contributed by atoms with E-state index in [-0.39, 0.29) is 5.69 Å². The Morgan fingerprint density at radius 2 is 2.44 bits per heavy atom. The van der Waals surface area contributed by atoms with Crippen LogP contribution in [-0.4, -0.2) is 19.7 Å². The fourth-order valence-corrected chi connectivity index (χ4v) is 2.56. The zero-order valence-corrected chi connectivity index (χ0v) is 10.9. The van der Waals surface area contributed by atoms with Gasteiger partial charge in [-0.1, -0.05) is 0 Å². The van der Waals surface area contributed by atoms with Gasteiger partial charge in [0.1, 0.15) is 5.03 Å². The Labute approximate surface area is 104 Å². The van der Waals surface area contributed by atoms with Gasteiger partial charge in [0.2, 0.25) is 0 Å². The van der Waals surface area contributed by atoms with Gasteiger partial charge in [0.25, 0.3) is 0 Å². The highest BCUT2D eigenvalue weighted by Gasteiger charge is 2.10. The molecule has 2 rings (SSSR count). The lowest BCUT2D eigenvalue weighted by atomic mass is 10.5. The number of halogens is 1. The molecule has 16 heavy (non-hydrogen) atoms. The lowest BCUT2D eigenvalue weighted by Crippen LogP contribution is -2.16. The van der Waals surface area contributed by atoms with Crippen LogP contribution in [0.25, 0.3) is 0 Å². The first-order valence-electron chi connectivity index (χ1n) is 4.66. The molecule has 2 aromatic rings. The van der Waals surface area contributed by atoms with Crippen LogP contribution in [0.3, 0.4) is 0 Å². The van der Waals surface area contributed by atoms with Crippen LogP contribution in [0, 0.1) is 0 Å². The van der Waals surface area contributed by atoms with Crippen LogP contribution in [0.5, 0.6) is 0 Å². The number of pyridine rings is 1. The maximum atomic E-state index is 11.3. The van der Waals surface area contributed by atoms with Crippen LogP contribution >= 0.6 is 27.7 Å². The normalized spacial score (nSPS) is 10.6. The van der Waals surface area contributed by atoms with Crippen LogP contribution in [0.1, 0.15) is 6.92 Å². The lowest BCUT2D eigenvalue weighted by molar-refractivity contribution is 0.660. The molecule has 0 radical (unpaired) electrons. The van der Waals surface area contributed by atoms with E-state index in [4.69, 9.17) is 0 Å². The zero-order valence-electron chi connectivity index (χ0n) is 8.48. The van der Waals surface area contributed by atoms with Crippen molar-refractivity contribution in [2.24, 2.45) is 0 Å². The average molecular weight is 301 g/mol. The summed E-state index contributed by atoms with van der Waals surface area (Å²) in [6, 6.07) is 3.74. The number of hydrogen-bond donors (Lipinski definition) is 1. The third-order valence-corrected chi connectivity index (χ3v) is 3.87. The molecule has 7 heteroatoms. The van der Waals surface area contributed by atoms with Gasteiger partial charge in [0.15, 0.2) is 5.16 Å². The Bertz CT molecular complexity index is 550. The Kier molecular flexibility index (Phi) is 3.45. The summed E-state index contributed by atoms with van der Waals surface area (Å²) >= 11 is 4.75. The van der Waals surface area contributed by atoms with E-state index in [1.54, 1.807) is 10.8 Å². The van der Waals surface area contributed by atoms with Crippen molar-refractivity contribution in [3.8, 4) is 0 Å². The summed E-state index contributed by atoms with van der Waals surface area (Å²) in [5.74, 6) is 0. The van der Waals surface area contributed by atoms with Crippen molar-refractivity contribution in [3.05, 3.63) is 33.3 Å². The summed E-state index contributed by atoms with van der Waals surface area (Å²) in [4.78, 5) is 15.6. The molecule has 84 valence electrons. The average Bonchev–Trinajstić information content (AvgIpc) is 2.63. The van der Waals surface area contributed by atoms with Crippen molar-refractivity contribution < 1.29 is 0 Å². The maximum absolute atomic E-state index is 11.3. The highest BCUT2D eigenvalue weighted by atomic mass is 79.9. The van der Waals surface area contributed by atoms with Gasteiger partial charge in [0, 0.05) is 12.7 Å². The molecule has 2 heterocycles. The van der Waals surface area contributed by atoms with Crippen LogP contribution in [0.2, 0.25) is 0 Å². The predicted molar refractivity (Wildman–Crippen MR) is 64.6 cm³/mol. The number of aromatic amines is 1. The fourth-order valence-electron chi connectivity index (χ4n) is 1.19. The van der Waals surface area contributed by atoms with Crippen molar-refractivity contribution in [1.82, 2.24) is 19.7 Å². The van der Waals surface area contributed by atoms with Gasteiger partial charge in [-0.3, -0.25) is 4.57 Å². The minimum atomic E-state index is -0.197. The van der Waals surface area contributed by atoms with Gasteiger partial charge < -0.3 is 0 Å². The third-order valence-electron chi connectivity index (χ3n) is 1.95. The van der Waals surface area contributed by atoms with E-state index in [1.165, 1.54) is 11.8 Å². The van der Waals surface area contributed by atoms with Crippen LogP contribution < -0.4 is 5.69 Å². The second-order valence-electron chi connectivity index (χ2n) is 2.95.